The second-order valence-corrected chi connectivity index (χ2v) is 4.66. The molecule has 20 heavy (non-hydrogen) atoms. The van der Waals surface area contributed by atoms with Crippen LogP contribution in [-0.4, -0.2) is 10.1 Å². The number of nitrogens with zero attached hydrogens (tertiary/aromatic N) is 1. The second kappa shape index (κ2) is 5.31. The van der Waals surface area contributed by atoms with Gasteiger partial charge in [-0.25, -0.2) is 4.98 Å². The minimum absolute atomic E-state index is 0.0346. The van der Waals surface area contributed by atoms with Crippen molar-refractivity contribution in [2.45, 2.75) is 13.5 Å². The highest BCUT2D eigenvalue weighted by molar-refractivity contribution is 5.82. The third-order valence-electron chi connectivity index (χ3n) is 3.26. The summed E-state index contributed by atoms with van der Waals surface area (Å²) in [5.74, 6) is 1.28. The summed E-state index contributed by atoms with van der Waals surface area (Å²) in [5, 5.41) is 10.4. The van der Waals surface area contributed by atoms with E-state index in [9.17, 15) is 5.11 Å². The Bertz CT molecular complexity index is 753. The van der Waals surface area contributed by atoms with Gasteiger partial charge >= 0.3 is 0 Å². The monoisotopic (exact) mass is 265 g/mol. The zero-order valence-corrected chi connectivity index (χ0v) is 11.2. The molecular weight excluding hydrogens is 250 g/mol. The summed E-state index contributed by atoms with van der Waals surface area (Å²) in [6, 6.07) is 17.3. The molecule has 1 aromatic heterocycles. The van der Waals surface area contributed by atoms with Crippen molar-refractivity contribution in [3.8, 4) is 11.6 Å². The fourth-order valence-corrected chi connectivity index (χ4v) is 2.19. The van der Waals surface area contributed by atoms with Gasteiger partial charge in [0.15, 0.2) is 0 Å². The first kappa shape index (κ1) is 12.6. The van der Waals surface area contributed by atoms with Crippen LogP contribution in [0.4, 0.5) is 0 Å². The molecule has 0 amide bonds. The molecule has 0 spiro atoms. The van der Waals surface area contributed by atoms with Gasteiger partial charge in [-0.3, -0.25) is 0 Å². The topological polar surface area (TPSA) is 42.4 Å². The normalized spacial score (nSPS) is 10.7. The summed E-state index contributed by atoms with van der Waals surface area (Å²) in [4.78, 5) is 4.49. The minimum atomic E-state index is -0.0346. The summed E-state index contributed by atoms with van der Waals surface area (Å²) in [6.45, 7) is 1.95. The Balaban J connectivity index is 2.06. The molecule has 0 saturated carbocycles. The summed E-state index contributed by atoms with van der Waals surface area (Å²) < 4.78 is 5.84. The number of pyridine rings is 1. The van der Waals surface area contributed by atoms with Crippen molar-refractivity contribution in [1.29, 1.82) is 0 Å². The fourth-order valence-electron chi connectivity index (χ4n) is 2.19. The fraction of sp³-hybridized carbons (Fsp3) is 0.118. The lowest BCUT2D eigenvalue weighted by Crippen LogP contribution is -1.94. The molecule has 3 heteroatoms. The average Bonchev–Trinajstić information content (AvgIpc) is 2.49. The first-order valence-corrected chi connectivity index (χ1v) is 6.51. The summed E-state index contributed by atoms with van der Waals surface area (Å²) in [6.07, 6.45) is 0. The Morgan fingerprint density at radius 2 is 1.80 bits per heavy atom. The van der Waals surface area contributed by atoms with Crippen LogP contribution in [0.25, 0.3) is 10.9 Å². The molecule has 3 aromatic rings. The summed E-state index contributed by atoms with van der Waals surface area (Å²) in [5.41, 5.74) is 2.69. The van der Waals surface area contributed by atoms with Gasteiger partial charge in [0.25, 0.3) is 0 Å². The average molecular weight is 265 g/mol. The smallest absolute Gasteiger partial charge is 0.220 e. The first-order valence-electron chi connectivity index (χ1n) is 6.51. The van der Waals surface area contributed by atoms with Crippen molar-refractivity contribution in [3.05, 3.63) is 65.7 Å². The number of ether oxygens (including phenoxy) is 1. The van der Waals surface area contributed by atoms with Crippen LogP contribution in [0, 0.1) is 6.92 Å². The molecule has 3 rings (SSSR count). The van der Waals surface area contributed by atoms with E-state index in [1.54, 1.807) is 6.07 Å². The zero-order valence-electron chi connectivity index (χ0n) is 11.2. The lowest BCUT2D eigenvalue weighted by molar-refractivity contribution is 0.282. The number of rotatable bonds is 3. The molecule has 2 aromatic carbocycles. The SMILES string of the molecule is Cc1ccccc1Oc1cc(CO)c2ccccc2n1. The molecule has 1 heterocycles. The number of hydrogen-bond donors (Lipinski definition) is 1. The molecule has 0 saturated heterocycles. The van der Waals surface area contributed by atoms with E-state index in [0.29, 0.717) is 5.88 Å². The number of aliphatic hydroxyl groups excluding tert-OH is 1. The zero-order chi connectivity index (χ0) is 13.9. The number of aliphatic hydroxyl groups is 1. The lowest BCUT2D eigenvalue weighted by atomic mass is 10.1. The second-order valence-electron chi connectivity index (χ2n) is 4.66. The predicted octanol–water partition coefficient (Wildman–Crippen LogP) is 3.83. The van der Waals surface area contributed by atoms with Crippen LogP contribution in [0.2, 0.25) is 0 Å². The van der Waals surface area contributed by atoms with Crippen LogP contribution in [0.3, 0.4) is 0 Å². The predicted molar refractivity (Wildman–Crippen MR) is 78.9 cm³/mol. The Hall–Kier alpha value is -2.39. The highest BCUT2D eigenvalue weighted by Crippen LogP contribution is 2.27. The van der Waals surface area contributed by atoms with Crippen LogP contribution >= 0.6 is 0 Å². The minimum Gasteiger partial charge on any atom is -0.439 e. The van der Waals surface area contributed by atoms with Crippen molar-refractivity contribution in [2.75, 3.05) is 0 Å². The molecule has 0 aliphatic heterocycles. The summed E-state index contributed by atoms with van der Waals surface area (Å²) in [7, 11) is 0. The molecular formula is C17H15NO2. The van der Waals surface area contributed by atoms with E-state index in [1.165, 1.54) is 0 Å². The van der Waals surface area contributed by atoms with E-state index in [2.05, 4.69) is 4.98 Å². The van der Waals surface area contributed by atoms with Crippen LogP contribution in [0.1, 0.15) is 11.1 Å². The molecule has 100 valence electrons. The largest absolute Gasteiger partial charge is 0.439 e. The van der Waals surface area contributed by atoms with Gasteiger partial charge in [0.05, 0.1) is 12.1 Å². The van der Waals surface area contributed by atoms with E-state index < -0.39 is 0 Å². The van der Waals surface area contributed by atoms with Gasteiger partial charge in [0.2, 0.25) is 5.88 Å². The Morgan fingerprint density at radius 1 is 1.05 bits per heavy atom. The van der Waals surface area contributed by atoms with Crippen molar-refractivity contribution < 1.29 is 9.84 Å². The summed E-state index contributed by atoms with van der Waals surface area (Å²) >= 11 is 0. The maximum atomic E-state index is 9.50. The van der Waals surface area contributed by atoms with E-state index in [-0.39, 0.29) is 6.61 Å². The number of para-hydroxylation sites is 2. The maximum absolute atomic E-state index is 9.50. The van der Waals surface area contributed by atoms with Crippen molar-refractivity contribution in [1.82, 2.24) is 4.98 Å². The molecule has 0 unspecified atom stereocenters. The van der Waals surface area contributed by atoms with E-state index in [1.807, 2.05) is 55.5 Å². The number of hydrogen-bond acceptors (Lipinski definition) is 3. The number of aromatic nitrogens is 1. The third-order valence-corrected chi connectivity index (χ3v) is 3.26. The highest BCUT2D eigenvalue weighted by Gasteiger charge is 2.07. The Morgan fingerprint density at radius 3 is 2.60 bits per heavy atom. The highest BCUT2D eigenvalue weighted by atomic mass is 16.5. The Labute approximate surface area is 117 Å². The van der Waals surface area contributed by atoms with E-state index in [0.717, 1.165) is 27.8 Å². The van der Waals surface area contributed by atoms with E-state index >= 15 is 0 Å². The van der Waals surface area contributed by atoms with Crippen molar-refractivity contribution in [3.63, 3.8) is 0 Å². The molecule has 3 nitrogen and oxygen atoms in total. The van der Waals surface area contributed by atoms with Gasteiger partial charge in [-0.1, -0.05) is 36.4 Å². The van der Waals surface area contributed by atoms with Gasteiger partial charge < -0.3 is 9.84 Å². The Kier molecular flexibility index (Phi) is 3.35. The number of benzene rings is 2. The van der Waals surface area contributed by atoms with Gasteiger partial charge in [-0.15, -0.1) is 0 Å². The van der Waals surface area contributed by atoms with Crippen LogP contribution in [0.15, 0.2) is 54.6 Å². The van der Waals surface area contributed by atoms with Gasteiger partial charge in [-0.2, -0.15) is 0 Å². The number of fused-ring (bicyclic) bond motifs is 1. The van der Waals surface area contributed by atoms with Crippen LogP contribution in [0.5, 0.6) is 11.6 Å². The molecule has 0 fully saturated rings. The van der Waals surface area contributed by atoms with Crippen molar-refractivity contribution >= 4 is 10.9 Å². The number of aryl methyl sites for hydroxylation is 1. The first-order chi connectivity index (χ1) is 9.78. The van der Waals surface area contributed by atoms with Crippen LogP contribution < -0.4 is 4.74 Å². The van der Waals surface area contributed by atoms with Crippen LogP contribution in [-0.2, 0) is 6.61 Å². The van der Waals surface area contributed by atoms with E-state index in [4.69, 9.17) is 4.74 Å². The molecule has 0 aliphatic rings. The van der Waals surface area contributed by atoms with Gasteiger partial charge in [0, 0.05) is 11.5 Å². The molecule has 1 N–H and O–H groups in total. The molecule has 0 bridgehead atoms. The van der Waals surface area contributed by atoms with Gasteiger partial charge in [0.1, 0.15) is 5.75 Å². The third kappa shape index (κ3) is 2.36. The molecule has 0 aliphatic carbocycles. The lowest BCUT2D eigenvalue weighted by Gasteiger charge is -2.10. The molecule has 0 radical (unpaired) electrons. The standard InChI is InChI=1S/C17H15NO2/c1-12-6-2-5-9-16(12)20-17-10-13(11-19)14-7-3-4-8-15(14)18-17/h2-10,19H,11H2,1H3. The molecule has 0 atom stereocenters. The quantitative estimate of drug-likeness (QED) is 0.782. The maximum Gasteiger partial charge on any atom is 0.220 e. The van der Waals surface area contributed by atoms with Crippen molar-refractivity contribution in [2.24, 2.45) is 0 Å². The van der Waals surface area contributed by atoms with Gasteiger partial charge in [-0.05, 0) is 30.2 Å².